The Bertz CT molecular complexity index is 1150. The number of piperidine rings is 1. The molecule has 1 aliphatic rings. The van der Waals surface area contributed by atoms with E-state index in [1.807, 2.05) is 0 Å². The number of quaternary nitrogens is 1. The van der Waals surface area contributed by atoms with Crippen molar-refractivity contribution in [2.45, 2.75) is 111 Å². The number of carbonyl (C=O) groups is 1. The van der Waals surface area contributed by atoms with Crippen LogP contribution in [0.3, 0.4) is 0 Å². The molecule has 1 heterocycles. The van der Waals surface area contributed by atoms with Crippen LogP contribution in [0.15, 0.2) is 48.7 Å². The molecule has 0 aliphatic carbocycles. The maximum Gasteiger partial charge on any atom is 0.191 e. The molecule has 0 bridgehead atoms. The fourth-order valence-electron chi connectivity index (χ4n) is 7.26. The van der Waals surface area contributed by atoms with Gasteiger partial charge in [0.1, 0.15) is 13.1 Å². The van der Waals surface area contributed by atoms with E-state index in [-0.39, 0.29) is 6.61 Å². The minimum absolute atomic E-state index is 0.138. The Morgan fingerprint density at radius 3 is 2.14 bits per heavy atom. The molecule has 1 fully saturated rings. The van der Waals surface area contributed by atoms with Crippen LogP contribution in [0, 0.1) is 27.7 Å². The second kappa shape index (κ2) is 18.5. The highest BCUT2D eigenvalue weighted by molar-refractivity contribution is 5.82. The number of Topliss-reactive ketones (excluding diaryl/α,β-unsaturated/α-hetero) is 1. The Morgan fingerprint density at radius 1 is 0.886 bits per heavy atom. The molecule has 3 rings (SSSR count). The number of nitrogens with one attached hydrogen (secondary N) is 1. The molecule has 0 spiro atoms. The number of unbranched alkanes of at least 4 members (excludes halogenated alkanes) is 5. The van der Waals surface area contributed by atoms with E-state index >= 15 is 0 Å². The summed E-state index contributed by atoms with van der Waals surface area (Å²) < 4.78 is 0.734. The van der Waals surface area contributed by atoms with E-state index < -0.39 is 0 Å². The first-order valence-electron chi connectivity index (χ1n) is 17.5. The van der Waals surface area contributed by atoms with Crippen LogP contribution in [0.5, 0.6) is 0 Å². The molecular weight excluding hydrogens is 542 g/mol. The topological polar surface area (TPSA) is 52.6 Å². The van der Waals surface area contributed by atoms with E-state index in [1.165, 1.54) is 84.9 Å². The number of aryl methyl sites for hydroxylation is 4. The van der Waals surface area contributed by atoms with Crippen molar-refractivity contribution in [1.29, 1.82) is 0 Å². The van der Waals surface area contributed by atoms with Crippen LogP contribution >= 0.6 is 0 Å². The molecule has 2 atom stereocenters. The van der Waals surface area contributed by atoms with E-state index in [2.05, 4.69) is 87.8 Å². The van der Waals surface area contributed by atoms with Gasteiger partial charge in [0.05, 0.1) is 19.7 Å². The van der Waals surface area contributed by atoms with Crippen LogP contribution in [0.4, 0.5) is 5.69 Å². The number of anilines is 1. The van der Waals surface area contributed by atoms with Crippen molar-refractivity contribution in [3.63, 3.8) is 0 Å². The van der Waals surface area contributed by atoms with Gasteiger partial charge in [-0.15, -0.1) is 0 Å². The minimum Gasteiger partial charge on any atom is -0.391 e. The van der Waals surface area contributed by atoms with Crippen LogP contribution in [-0.2, 0) is 11.2 Å². The van der Waals surface area contributed by atoms with Gasteiger partial charge in [0.25, 0.3) is 0 Å². The van der Waals surface area contributed by atoms with Gasteiger partial charge in [0, 0.05) is 23.8 Å². The van der Waals surface area contributed by atoms with Gasteiger partial charge in [-0.3, -0.25) is 9.69 Å². The number of hydrogen-bond donors (Lipinski definition) is 2. The van der Waals surface area contributed by atoms with Crippen LogP contribution in [0.1, 0.15) is 98.9 Å². The minimum atomic E-state index is 0.138. The van der Waals surface area contributed by atoms with Gasteiger partial charge in [-0.25, -0.2) is 0 Å². The van der Waals surface area contributed by atoms with Crippen molar-refractivity contribution in [3.8, 4) is 0 Å². The maximum absolute atomic E-state index is 13.5. The van der Waals surface area contributed by atoms with E-state index in [4.69, 9.17) is 0 Å². The first kappa shape index (κ1) is 36.0. The molecule has 2 unspecified atom stereocenters. The number of aliphatic hydroxyl groups excluding tert-OH is 1. The van der Waals surface area contributed by atoms with Gasteiger partial charge in [-0.05, 0) is 114 Å². The molecule has 0 saturated carbocycles. The van der Waals surface area contributed by atoms with Gasteiger partial charge < -0.3 is 14.9 Å². The third-order valence-electron chi connectivity index (χ3n) is 9.95. The van der Waals surface area contributed by atoms with Crippen molar-refractivity contribution in [3.05, 3.63) is 76.5 Å². The molecule has 0 amide bonds. The zero-order valence-electron chi connectivity index (χ0n) is 28.7. The van der Waals surface area contributed by atoms with Crippen LogP contribution in [-0.4, -0.2) is 72.2 Å². The first-order chi connectivity index (χ1) is 21.2. The fourth-order valence-corrected chi connectivity index (χ4v) is 7.26. The van der Waals surface area contributed by atoms with Crippen molar-refractivity contribution in [2.24, 2.45) is 0 Å². The summed E-state index contributed by atoms with van der Waals surface area (Å²) in [5.74, 6) is 0.304. The van der Waals surface area contributed by atoms with Crippen LogP contribution in [0.25, 0.3) is 0 Å². The summed E-state index contributed by atoms with van der Waals surface area (Å²) in [6.07, 6.45) is 12.3. The predicted molar refractivity (Wildman–Crippen MR) is 187 cm³/mol. The molecule has 2 aromatic rings. The van der Waals surface area contributed by atoms with E-state index in [9.17, 15) is 9.90 Å². The normalized spacial score (nSPS) is 16.9. The Labute approximate surface area is 269 Å². The number of benzene rings is 2. The molecule has 5 heteroatoms. The van der Waals surface area contributed by atoms with Crippen LogP contribution in [0.2, 0.25) is 0 Å². The highest BCUT2D eigenvalue weighted by Crippen LogP contribution is 2.27. The summed E-state index contributed by atoms with van der Waals surface area (Å²) in [7, 11) is 0. The Hall–Kier alpha value is -2.47. The zero-order chi connectivity index (χ0) is 32.0. The summed E-state index contributed by atoms with van der Waals surface area (Å²) in [5, 5.41) is 13.8. The molecule has 0 aromatic heterocycles. The Morgan fingerprint density at radius 2 is 1.50 bits per heavy atom. The van der Waals surface area contributed by atoms with Gasteiger partial charge in [0.2, 0.25) is 0 Å². The number of para-hydroxylation sites is 1. The molecular formula is C39H62N3O2+. The third kappa shape index (κ3) is 10.9. The number of carbonyl (C=O) groups excluding carboxylic acids is 1. The highest BCUT2D eigenvalue weighted by atomic mass is 16.3. The van der Waals surface area contributed by atoms with Crippen molar-refractivity contribution >= 4 is 11.5 Å². The summed E-state index contributed by atoms with van der Waals surface area (Å²) in [6.45, 7) is 20.8. The fraction of sp³-hybridized carbons (Fsp3) is 0.615. The molecule has 0 radical (unpaired) electrons. The number of rotatable bonds is 20. The number of ketones is 1. The highest BCUT2D eigenvalue weighted by Gasteiger charge is 2.30. The summed E-state index contributed by atoms with van der Waals surface area (Å²) in [6, 6.07) is 13.1. The quantitative estimate of drug-likeness (QED) is 0.119. The molecule has 1 aliphatic heterocycles. The lowest BCUT2D eigenvalue weighted by molar-refractivity contribution is -0.921. The number of likely N-dealkylation sites (tertiary alicyclic amines) is 1. The average Bonchev–Trinajstić information content (AvgIpc) is 2.99. The standard InChI is InChI=1S/C39H62N3O2/c1-7-8-14-25-42(27-28-43,30-36(44)29-37-31(2)18-16-19-32(37)3)26-15-10-9-12-23-41-24-13-11-22-38(41)35(6)40-39-33(4)20-17-21-34(39)5/h16-21,38,40,43H,6-15,22-30H2,1-5H3/q+1. The molecule has 5 nitrogen and oxygen atoms in total. The van der Waals surface area contributed by atoms with E-state index in [0.717, 1.165) is 49.2 Å². The number of nitrogens with zero attached hydrogens (tertiary/aromatic N) is 2. The van der Waals surface area contributed by atoms with Crippen molar-refractivity contribution in [2.75, 3.05) is 51.2 Å². The van der Waals surface area contributed by atoms with Gasteiger partial charge in [-0.1, -0.05) is 69.2 Å². The monoisotopic (exact) mass is 604 g/mol. The third-order valence-corrected chi connectivity index (χ3v) is 9.95. The Kier molecular flexibility index (Phi) is 15.1. The first-order valence-corrected chi connectivity index (χ1v) is 17.5. The molecule has 2 N–H and O–H groups in total. The summed E-state index contributed by atoms with van der Waals surface area (Å²) in [5.41, 5.74) is 8.45. The van der Waals surface area contributed by atoms with Gasteiger partial charge in [-0.2, -0.15) is 0 Å². The molecule has 244 valence electrons. The average molecular weight is 605 g/mol. The van der Waals surface area contributed by atoms with E-state index in [0.29, 0.717) is 31.3 Å². The second-order valence-electron chi connectivity index (χ2n) is 13.6. The van der Waals surface area contributed by atoms with Crippen molar-refractivity contribution in [1.82, 2.24) is 4.90 Å². The molecule has 1 saturated heterocycles. The number of aliphatic hydroxyl groups is 1. The lowest BCUT2D eigenvalue weighted by Crippen LogP contribution is -2.54. The smallest absolute Gasteiger partial charge is 0.191 e. The van der Waals surface area contributed by atoms with Gasteiger partial charge >= 0.3 is 0 Å². The predicted octanol–water partition coefficient (Wildman–Crippen LogP) is 8.07. The Balaban J connectivity index is 1.53. The lowest BCUT2D eigenvalue weighted by Gasteiger charge is -2.38. The second-order valence-corrected chi connectivity index (χ2v) is 13.6. The summed E-state index contributed by atoms with van der Waals surface area (Å²) in [4.78, 5) is 16.1. The summed E-state index contributed by atoms with van der Waals surface area (Å²) >= 11 is 0. The largest absolute Gasteiger partial charge is 0.391 e. The SMILES string of the molecule is C=C(Nc1c(C)cccc1C)C1CCCCN1CCCCCC[N+](CCO)(CCCCC)CC(=O)Cc1c(C)cccc1C. The van der Waals surface area contributed by atoms with Crippen LogP contribution < -0.4 is 5.32 Å². The molecule has 2 aromatic carbocycles. The van der Waals surface area contributed by atoms with E-state index in [1.54, 1.807) is 0 Å². The van der Waals surface area contributed by atoms with Crippen molar-refractivity contribution < 1.29 is 14.4 Å². The maximum atomic E-state index is 13.5. The number of hydrogen-bond acceptors (Lipinski definition) is 4. The lowest BCUT2D eigenvalue weighted by atomic mass is 9.97. The van der Waals surface area contributed by atoms with Gasteiger partial charge in [0.15, 0.2) is 5.78 Å². The zero-order valence-corrected chi connectivity index (χ0v) is 28.7. The molecule has 44 heavy (non-hydrogen) atoms.